The summed E-state index contributed by atoms with van der Waals surface area (Å²) < 4.78 is 0. The van der Waals surface area contributed by atoms with Crippen LogP contribution in [-0.2, 0) is 0 Å². The number of nitrogens with one attached hydrogen (secondary N) is 1. The lowest BCUT2D eigenvalue weighted by atomic mass is 9.96. The van der Waals surface area contributed by atoms with E-state index in [9.17, 15) is 4.79 Å². The Morgan fingerprint density at radius 1 is 1.42 bits per heavy atom. The first-order valence-corrected chi connectivity index (χ1v) is 7.16. The standard InChI is InChI=1S/C15H23N3O/c1-4-16-14-10-13(8-9-17-14)15(19)18-11(2)6-5-7-12(18)3/h8-12H,4-7H2,1-3H3,(H,16,17)/t11-,12+. The van der Waals surface area contributed by atoms with Crippen LogP contribution in [0.5, 0.6) is 0 Å². The molecule has 4 nitrogen and oxygen atoms in total. The minimum Gasteiger partial charge on any atom is -0.370 e. The van der Waals surface area contributed by atoms with Crippen molar-refractivity contribution in [1.82, 2.24) is 9.88 Å². The number of hydrogen-bond acceptors (Lipinski definition) is 3. The van der Waals surface area contributed by atoms with Gasteiger partial charge in [0, 0.05) is 30.4 Å². The monoisotopic (exact) mass is 261 g/mol. The maximum absolute atomic E-state index is 12.6. The zero-order chi connectivity index (χ0) is 13.8. The van der Waals surface area contributed by atoms with E-state index in [-0.39, 0.29) is 5.91 Å². The SMILES string of the molecule is CCNc1cc(C(=O)N2[C@H](C)CCC[C@@H]2C)ccn1. The number of nitrogens with zero attached hydrogens (tertiary/aromatic N) is 2. The third-order valence-electron chi connectivity index (χ3n) is 3.79. The molecule has 1 aliphatic heterocycles. The number of piperidine rings is 1. The maximum Gasteiger partial charge on any atom is 0.254 e. The Hall–Kier alpha value is -1.58. The third kappa shape index (κ3) is 3.06. The Morgan fingerprint density at radius 2 is 2.11 bits per heavy atom. The number of carbonyl (C=O) groups excluding carboxylic acids is 1. The minimum absolute atomic E-state index is 0.126. The lowest BCUT2D eigenvalue weighted by molar-refractivity contribution is 0.0510. The van der Waals surface area contributed by atoms with Crippen LogP contribution in [0.1, 0.15) is 50.4 Å². The summed E-state index contributed by atoms with van der Waals surface area (Å²) in [5.41, 5.74) is 0.728. The van der Waals surface area contributed by atoms with Crippen LogP contribution in [0.4, 0.5) is 5.82 Å². The van der Waals surface area contributed by atoms with E-state index in [1.165, 1.54) is 6.42 Å². The van der Waals surface area contributed by atoms with E-state index >= 15 is 0 Å². The smallest absolute Gasteiger partial charge is 0.254 e. The van der Waals surface area contributed by atoms with Gasteiger partial charge in [-0.15, -0.1) is 0 Å². The van der Waals surface area contributed by atoms with E-state index in [1.54, 1.807) is 12.3 Å². The van der Waals surface area contributed by atoms with Gasteiger partial charge in [0.2, 0.25) is 0 Å². The topological polar surface area (TPSA) is 45.2 Å². The Labute approximate surface area is 115 Å². The molecule has 0 bridgehead atoms. The molecule has 1 aromatic heterocycles. The number of pyridine rings is 1. The molecule has 2 rings (SSSR count). The van der Waals surface area contributed by atoms with Crippen molar-refractivity contribution in [1.29, 1.82) is 0 Å². The Bertz CT molecular complexity index is 437. The molecule has 1 N–H and O–H groups in total. The molecule has 19 heavy (non-hydrogen) atoms. The number of anilines is 1. The van der Waals surface area contributed by atoms with Crippen LogP contribution in [-0.4, -0.2) is 34.4 Å². The normalized spacial score (nSPS) is 23.2. The Balaban J connectivity index is 2.20. The van der Waals surface area contributed by atoms with Crippen molar-refractivity contribution >= 4 is 11.7 Å². The van der Waals surface area contributed by atoms with Gasteiger partial charge in [0.15, 0.2) is 0 Å². The molecule has 1 saturated heterocycles. The number of amides is 1. The first-order chi connectivity index (χ1) is 9.13. The minimum atomic E-state index is 0.126. The molecular formula is C15H23N3O. The van der Waals surface area contributed by atoms with E-state index in [4.69, 9.17) is 0 Å². The largest absolute Gasteiger partial charge is 0.370 e. The molecule has 1 aromatic rings. The Morgan fingerprint density at radius 3 is 2.74 bits per heavy atom. The summed E-state index contributed by atoms with van der Waals surface area (Å²) in [6.07, 6.45) is 5.11. The number of hydrogen-bond donors (Lipinski definition) is 1. The van der Waals surface area contributed by atoms with Gasteiger partial charge in [-0.05, 0) is 52.2 Å². The molecule has 1 amide bonds. The van der Waals surface area contributed by atoms with Gasteiger partial charge in [0.05, 0.1) is 0 Å². The molecule has 0 saturated carbocycles. The molecule has 0 aromatic carbocycles. The van der Waals surface area contributed by atoms with Gasteiger partial charge in [-0.3, -0.25) is 4.79 Å². The quantitative estimate of drug-likeness (QED) is 0.910. The zero-order valence-electron chi connectivity index (χ0n) is 12.0. The lowest BCUT2D eigenvalue weighted by Crippen LogP contribution is -2.47. The third-order valence-corrected chi connectivity index (χ3v) is 3.79. The fourth-order valence-electron chi connectivity index (χ4n) is 2.81. The molecule has 4 heteroatoms. The van der Waals surface area contributed by atoms with Crippen LogP contribution < -0.4 is 5.32 Å². The summed E-state index contributed by atoms with van der Waals surface area (Å²) in [6, 6.07) is 4.30. The first-order valence-electron chi connectivity index (χ1n) is 7.16. The van der Waals surface area contributed by atoms with Crippen molar-refractivity contribution in [2.24, 2.45) is 0 Å². The molecule has 0 spiro atoms. The first kappa shape index (κ1) is 13.8. The van der Waals surface area contributed by atoms with Crippen LogP contribution in [0.2, 0.25) is 0 Å². The molecule has 0 unspecified atom stereocenters. The van der Waals surface area contributed by atoms with Crippen molar-refractivity contribution in [2.75, 3.05) is 11.9 Å². The van der Waals surface area contributed by atoms with Crippen LogP contribution in [0, 0.1) is 0 Å². The highest BCUT2D eigenvalue weighted by atomic mass is 16.2. The van der Waals surface area contributed by atoms with Crippen LogP contribution in [0.15, 0.2) is 18.3 Å². The number of likely N-dealkylation sites (tertiary alicyclic amines) is 1. The predicted molar refractivity (Wildman–Crippen MR) is 77.3 cm³/mol. The zero-order valence-corrected chi connectivity index (χ0v) is 12.0. The van der Waals surface area contributed by atoms with E-state index < -0.39 is 0 Å². The number of rotatable bonds is 3. The highest BCUT2D eigenvalue weighted by molar-refractivity contribution is 5.95. The van der Waals surface area contributed by atoms with E-state index in [0.717, 1.165) is 30.8 Å². The van der Waals surface area contributed by atoms with E-state index in [1.807, 2.05) is 17.9 Å². The average molecular weight is 261 g/mol. The predicted octanol–water partition coefficient (Wildman–Crippen LogP) is 2.92. The molecule has 2 heterocycles. The number of aromatic nitrogens is 1. The van der Waals surface area contributed by atoms with Gasteiger partial charge in [0.25, 0.3) is 5.91 Å². The van der Waals surface area contributed by atoms with Crippen molar-refractivity contribution < 1.29 is 4.79 Å². The molecule has 104 valence electrons. The van der Waals surface area contributed by atoms with Crippen molar-refractivity contribution in [3.63, 3.8) is 0 Å². The second kappa shape index (κ2) is 6.04. The van der Waals surface area contributed by atoms with Crippen LogP contribution >= 0.6 is 0 Å². The molecule has 1 aliphatic rings. The highest BCUT2D eigenvalue weighted by Crippen LogP contribution is 2.24. The van der Waals surface area contributed by atoms with Crippen molar-refractivity contribution in [3.05, 3.63) is 23.9 Å². The summed E-state index contributed by atoms with van der Waals surface area (Å²) in [5, 5.41) is 3.15. The molecule has 0 aliphatic carbocycles. The second-order valence-electron chi connectivity index (χ2n) is 5.30. The summed E-state index contributed by atoms with van der Waals surface area (Å²) in [7, 11) is 0. The molecule has 2 atom stereocenters. The van der Waals surface area contributed by atoms with E-state index in [2.05, 4.69) is 24.1 Å². The molecule has 0 radical (unpaired) electrons. The molecule has 1 fully saturated rings. The number of carbonyl (C=O) groups is 1. The van der Waals surface area contributed by atoms with Gasteiger partial charge in [0.1, 0.15) is 5.82 Å². The summed E-state index contributed by atoms with van der Waals surface area (Å²) >= 11 is 0. The average Bonchev–Trinajstić information content (AvgIpc) is 2.39. The fourth-order valence-corrected chi connectivity index (χ4v) is 2.81. The lowest BCUT2D eigenvalue weighted by Gasteiger charge is -2.39. The van der Waals surface area contributed by atoms with Gasteiger partial charge < -0.3 is 10.2 Å². The second-order valence-corrected chi connectivity index (χ2v) is 5.30. The molecular weight excluding hydrogens is 238 g/mol. The van der Waals surface area contributed by atoms with Crippen molar-refractivity contribution in [3.8, 4) is 0 Å². The van der Waals surface area contributed by atoms with Gasteiger partial charge >= 0.3 is 0 Å². The van der Waals surface area contributed by atoms with Gasteiger partial charge in [-0.1, -0.05) is 0 Å². The summed E-state index contributed by atoms with van der Waals surface area (Å²) in [5.74, 6) is 0.895. The van der Waals surface area contributed by atoms with Crippen LogP contribution in [0.3, 0.4) is 0 Å². The maximum atomic E-state index is 12.6. The summed E-state index contributed by atoms with van der Waals surface area (Å²) in [4.78, 5) is 18.9. The van der Waals surface area contributed by atoms with Crippen LogP contribution in [0.25, 0.3) is 0 Å². The van der Waals surface area contributed by atoms with Gasteiger partial charge in [-0.2, -0.15) is 0 Å². The van der Waals surface area contributed by atoms with Gasteiger partial charge in [-0.25, -0.2) is 4.98 Å². The summed E-state index contributed by atoms with van der Waals surface area (Å²) in [6.45, 7) is 7.10. The van der Waals surface area contributed by atoms with E-state index in [0.29, 0.717) is 12.1 Å². The fraction of sp³-hybridized carbons (Fsp3) is 0.600. The van der Waals surface area contributed by atoms with Crippen molar-refractivity contribution in [2.45, 2.75) is 52.1 Å². The highest BCUT2D eigenvalue weighted by Gasteiger charge is 2.29. The Kier molecular flexibility index (Phi) is 4.40.